The van der Waals surface area contributed by atoms with Crippen LogP contribution in [-0.4, -0.2) is 27.3 Å². The first-order valence-corrected chi connectivity index (χ1v) is 2.79. The average molecular weight is 160 g/mol. The lowest BCUT2D eigenvalue weighted by atomic mass is 10.2. The Kier molecular flexibility index (Phi) is 3.10. The van der Waals surface area contributed by atoms with Crippen molar-refractivity contribution in [2.75, 3.05) is 0 Å². The summed E-state index contributed by atoms with van der Waals surface area (Å²) >= 11 is 0. The van der Waals surface area contributed by atoms with E-state index in [9.17, 15) is 9.59 Å². The van der Waals surface area contributed by atoms with E-state index < -0.39 is 24.1 Å². The zero-order chi connectivity index (χ0) is 9.02. The van der Waals surface area contributed by atoms with E-state index in [-0.39, 0.29) is 5.57 Å². The summed E-state index contributed by atoms with van der Waals surface area (Å²) in [5.41, 5.74) is -0.0648. The number of hydrogen-bond donors (Lipinski definition) is 3. The van der Waals surface area contributed by atoms with Crippen molar-refractivity contribution in [2.45, 2.75) is 13.3 Å². The van der Waals surface area contributed by atoms with Crippen molar-refractivity contribution in [3.8, 4) is 0 Å². The van der Waals surface area contributed by atoms with Crippen molar-refractivity contribution < 1.29 is 24.9 Å². The van der Waals surface area contributed by atoms with E-state index >= 15 is 0 Å². The van der Waals surface area contributed by atoms with E-state index in [4.69, 9.17) is 15.3 Å². The van der Waals surface area contributed by atoms with Crippen molar-refractivity contribution in [3.05, 3.63) is 11.3 Å². The van der Waals surface area contributed by atoms with Gasteiger partial charge in [0.2, 0.25) is 5.76 Å². The smallest absolute Gasteiger partial charge is 0.370 e. The highest BCUT2D eigenvalue weighted by Crippen LogP contribution is 2.05. The Bertz CT molecular complexity index is 215. The van der Waals surface area contributed by atoms with Gasteiger partial charge in [0, 0.05) is 0 Å². The van der Waals surface area contributed by atoms with Crippen molar-refractivity contribution in [3.63, 3.8) is 0 Å². The molecule has 5 nitrogen and oxygen atoms in total. The molecule has 11 heavy (non-hydrogen) atoms. The largest absolute Gasteiger partial charge is 0.502 e. The molecule has 0 bridgehead atoms. The maximum absolute atomic E-state index is 10.0. The minimum absolute atomic E-state index is 0.0648. The molecule has 0 aromatic rings. The summed E-state index contributed by atoms with van der Waals surface area (Å²) in [4.78, 5) is 20.0. The van der Waals surface area contributed by atoms with Gasteiger partial charge in [0.25, 0.3) is 0 Å². The first kappa shape index (κ1) is 9.48. The Morgan fingerprint density at radius 3 is 1.91 bits per heavy atom. The summed E-state index contributed by atoms with van der Waals surface area (Å²) < 4.78 is 0. The van der Waals surface area contributed by atoms with Crippen LogP contribution < -0.4 is 0 Å². The second-order valence-electron chi connectivity index (χ2n) is 2.00. The minimum Gasteiger partial charge on any atom is -0.502 e. The molecule has 3 N–H and O–H groups in total. The molecule has 62 valence electrons. The third-order valence-electron chi connectivity index (χ3n) is 1.02. The highest BCUT2D eigenvalue weighted by atomic mass is 16.4. The molecule has 0 atom stereocenters. The molecular formula is C6H8O5. The molecule has 0 aliphatic carbocycles. The minimum atomic E-state index is -1.51. The van der Waals surface area contributed by atoms with Gasteiger partial charge in [0.15, 0.2) is 0 Å². The quantitative estimate of drug-likeness (QED) is 0.409. The second kappa shape index (κ2) is 3.60. The zero-order valence-corrected chi connectivity index (χ0v) is 5.87. The summed E-state index contributed by atoms with van der Waals surface area (Å²) in [6.07, 6.45) is -0.460. The number of carbonyl (C=O) groups is 2. The van der Waals surface area contributed by atoms with Gasteiger partial charge in [-0.25, -0.2) is 4.79 Å². The van der Waals surface area contributed by atoms with Crippen LogP contribution >= 0.6 is 0 Å². The molecule has 0 unspecified atom stereocenters. The Balaban J connectivity index is 4.40. The molecule has 0 spiro atoms. The molecule has 0 fully saturated rings. The van der Waals surface area contributed by atoms with Gasteiger partial charge in [-0.1, -0.05) is 0 Å². The topological polar surface area (TPSA) is 94.8 Å². The van der Waals surface area contributed by atoms with Gasteiger partial charge in [0.1, 0.15) is 0 Å². The maximum atomic E-state index is 10.0. The van der Waals surface area contributed by atoms with Crippen LogP contribution in [0.1, 0.15) is 13.3 Å². The number of hydrogen-bond acceptors (Lipinski definition) is 3. The van der Waals surface area contributed by atoms with Gasteiger partial charge in [-0.2, -0.15) is 0 Å². The predicted molar refractivity (Wildman–Crippen MR) is 35.2 cm³/mol. The lowest BCUT2D eigenvalue weighted by Gasteiger charge is -1.97. The van der Waals surface area contributed by atoms with E-state index in [1.165, 1.54) is 6.92 Å². The molecule has 0 aliphatic rings. The summed E-state index contributed by atoms with van der Waals surface area (Å²) in [7, 11) is 0. The van der Waals surface area contributed by atoms with Crippen LogP contribution in [0, 0.1) is 0 Å². The predicted octanol–water partition coefficient (Wildman–Crippen LogP) is 0.378. The fourth-order valence-electron chi connectivity index (χ4n) is 0.493. The molecule has 0 saturated heterocycles. The molecule has 0 aromatic heterocycles. The number of aliphatic hydroxyl groups is 1. The average Bonchev–Trinajstić information content (AvgIpc) is 1.84. The summed E-state index contributed by atoms with van der Waals surface area (Å²) in [6, 6.07) is 0. The highest BCUT2D eigenvalue weighted by molar-refractivity contribution is 5.85. The Morgan fingerprint density at radius 2 is 1.64 bits per heavy atom. The molecule has 0 aliphatic heterocycles. The third kappa shape index (κ3) is 3.24. The van der Waals surface area contributed by atoms with Crippen LogP contribution in [0.5, 0.6) is 0 Å². The molecule has 0 amide bonds. The van der Waals surface area contributed by atoms with Crippen molar-refractivity contribution >= 4 is 11.9 Å². The molecule has 5 heteroatoms. The van der Waals surface area contributed by atoms with Crippen molar-refractivity contribution in [1.29, 1.82) is 0 Å². The van der Waals surface area contributed by atoms with E-state index in [1.54, 1.807) is 0 Å². The number of aliphatic carboxylic acids is 2. The second-order valence-corrected chi connectivity index (χ2v) is 2.00. The zero-order valence-electron chi connectivity index (χ0n) is 5.87. The first-order chi connectivity index (χ1) is 4.95. The van der Waals surface area contributed by atoms with Crippen LogP contribution in [0.15, 0.2) is 11.3 Å². The van der Waals surface area contributed by atoms with Crippen LogP contribution in [0.3, 0.4) is 0 Å². The van der Waals surface area contributed by atoms with Crippen LogP contribution in [0.2, 0.25) is 0 Å². The Labute approximate surface area is 62.6 Å². The Morgan fingerprint density at radius 1 is 1.18 bits per heavy atom. The third-order valence-corrected chi connectivity index (χ3v) is 1.02. The number of carboxylic acid groups (broad SMARTS) is 2. The maximum Gasteiger partial charge on any atom is 0.370 e. The molecule has 0 heterocycles. The van der Waals surface area contributed by atoms with Gasteiger partial charge < -0.3 is 15.3 Å². The highest BCUT2D eigenvalue weighted by Gasteiger charge is 2.10. The Hall–Kier alpha value is -1.52. The normalized spacial score (nSPS) is 12.1. The molecule has 0 rings (SSSR count). The van der Waals surface area contributed by atoms with Crippen LogP contribution in [-0.2, 0) is 9.59 Å². The summed E-state index contributed by atoms with van der Waals surface area (Å²) in [6.45, 7) is 1.25. The summed E-state index contributed by atoms with van der Waals surface area (Å²) in [5, 5.41) is 25.0. The summed E-state index contributed by atoms with van der Waals surface area (Å²) in [5.74, 6) is -3.58. The molecule has 0 radical (unpaired) electrons. The van der Waals surface area contributed by atoms with E-state index in [2.05, 4.69) is 0 Å². The number of aliphatic hydroxyl groups excluding tert-OH is 1. The fraction of sp³-hybridized carbons (Fsp3) is 0.333. The molecule has 0 aromatic carbocycles. The van der Waals surface area contributed by atoms with E-state index in [1.807, 2.05) is 0 Å². The molecule has 0 saturated carbocycles. The SMILES string of the molecule is C/C(CC(=O)O)=C(\O)C(=O)O. The monoisotopic (exact) mass is 160 g/mol. The number of carboxylic acids is 2. The van der Waals surface area contributed by atoms with Crippen molar-refractivity contribution in [1.82, 2.24) is 0 Å². The van der Waals surface area contributed by atoms with Crippen LogP contribution in [0.4, 0.5) is 0 Å². The fourth-order valence-corrected chi connectivity index (χ4v) is 0.493. The van der Waals surface area contributed by atoms with Gasteiger partial charge in [0.05, 0.1) is 6.42 Å². The lowest BCUT2D eigenvalue weighted by Crippen LogP contribution is -2.05. The lowest BCUT2D eigenvalue weighted by molar-refractivity contribution is -0.136. The molecular weight excluding hydrogens is 152 g/mol. The van der Waals surface area contributed by atoms with E-state index in [0.29, 0.717) is 0 Å². The van der Waals surface area contributed by atoms with Gasteiger partial charge in [-0.3, -0.25) is 4.79 Å². The van der Waals surface area contributed by atoms with E-state index in [0.717, 1.165) is 0 Å². The van der Waals surface area contributed by atoms with Gasteiger partial charge >= 0.3 is 11.9 Å². The van der Waals surface area contributed by atoms with Crippen LogP contribution in [0.25, 0.3) is 0 Å². The standard InChI is InChI=1S/C6H8O5/c1-3(2-4(7)8)5(9)6(10)11/h9H,2H2,1H3,(H,7,8)(H,10,11)/b5-3+. The van der Waals surface area contributed by atoms with Gasteiger partial charge in [-0.05, 0) is 12.5 Å². The van der Waals surface area contributed by atoms with Crippen molar-refractivity contribution in [2.24, 2.45) is 0 Å². The first-order valence-electron chi connectivity index (χ1n) is 2.79. The number of rotatable bonds is 3. The van der Waals surface area contributed by atoms with Gasteiger partial charge in [-0.15, -0.1) is 0 Å².